The number of guanidine groups is 1. The van der Waals surface area contributed by atoms with Gasteiger partial charge in [-0.15, -0.1) is 0 Å². The maximum Gasteiger partial charge on any atom is 0.409 e. The summed E-state index contributed by atoms with van der Waals surface area (Å²) >= 11 is 0. The smallest absolute Gasteiger partial charge is 0.409 e. The van der Waals surface area contributed by atoms with Crippen LogP contribution in [0.3, 0.4) is 0 Å². The van der Waals surface area contributed by atoms with Crippen molar-refractivity contribution in [2.24, 2.45) is 4.99 Å². The van der Waals surface area contributed by atoms with Gasteiger partial charge in [0.25, 0.3) is 0 Å². The van der Waals surface area contributed by atoms with E-state index in [0.717, 1.165) is 37.5 Å². The summed E-state index contributed by atoms with van der Waals surface area (Å²) in [5, 5.41) is 6.74. The second-order valence-electron chi connectivity index (χ2n) is 6.12. The molecule has 7 heteroatoms. The van der Waals surface area contributed by atoms with Crippen LogP contribution < -0.4 is 15.4 Å². The van der Waals surface area contributed by atoms with Crippen molar-refractivity contribution in [1.82, 2.24) is 15.5 Å². The Morgan fingerprint density at radius 2 is 2.00 bits per heavy atom. The van der Waals surface area contributed by atoms with Crippen LogP contribution in [0, 0.1) is 0 Å². The molecule has 7 nitrogen and oxygen atoms in total. The third-order valence-electron chi connectivity index (χ3n) is 4.21. The van der Waals surface area contributed by atoms with Crippen molar-refractivity contribution in [2.75, 3.05) is 39.9 Å². The van der Waals surface area contributed by atoms with Crippen LogP contribution >= 0.6 is 0 Å². The number of ether oxygens (including phenoxy) is 2. The highest BCUT2D eigenvalue weighted by molar-refractivity contribution is 5.80. The summed E-state index contributed by atoms with van der Waals surface area (Å²) in [6.45, 7) is 5.10. The standard InChI is InChI=1S/C19H30N4O3/c1-3-25-19(24)23-13-10-16(11-14-23)22-18(20-2)21-12-7-15-26-17-8-5-4-6-9-17/h4-6,8-9,16H,3,7,10-15H2,1-2H3,(H2,20,21,22). The maximum absolute atomic E-state index is 11.7. The molecule has 0 atom stereocenters. The molecule has 0 spiro atoms. The topological polar surface area (TPSA) is 75.2 Å². The van der Waals surface area contributed by atoms with Crippen LogP contribution in [0.15, 0.2) is 35.3 Å². The fourth-order valence-electron chi connectivity index (χ4n) is 2.79. The van der Waals surface area contributed by atoms with Crippen LogP contribution in [0.2, 0.25) is 0 Å². The van der Waals surface area contributed by atoms with Crippen LogP contribution in [0.4, 0.5) is 4.79 Å². The van der Waals surface area contributed by atoms with Gasteiger partial charge in [-0.3, -0.25) is 4.99 Å². The van der Waals surface area contributed by atoms with Gasteiger partial charge in [0.15, 0.2) is 5.96 Å². The first kappa shape index (κ1) is 19.9. The first-order chi connectivity index (χ1) is 12.7. The summed E-state index contributed by atoms with van der Waals surface area (Å²) < 4.78 is 10.7. The summed E-state index contributed by atoms with van der Waals surface area (Å²) in [5.74, 6) is 1.68. The first-order valence-electron chi connectivity index (χ1n) is 9.29. The second kappa shape index (κ2) is 11.2. The molecule has 1 heterocycles. The lowest BCUT2D eigenvalue weighted by Crippen LogP contribution is -2.50. The zero-order chi connectivity index (χ0) is 18.6. The molecule has 0 aliphatic carbocycles. The van der Waals surface area contributed by atoms with Gasteiger partial charge in [-0.1, -0.05) is 18.2 Å². The highest BCUT2D eigenvalue weighted by Gasteiger charge is 2.23. The van der Waals surface area contributed by atoms with E-state index < -0.39 is 0 Å². The van der Waals surface area contributed by atoms with E-state index in [1.165, 1.54) is 0 Å². The summed E-state index contributed by atoms with van der Waals surface area (Å²) in [4.78, 5) is 17.8. The van der Waals surface area contributed by atoms with Gasteiger partial charge in [0, 0.05) is 32.7 Å². The van der Waals surface area contributed by atoms with Crippen LogP contribution in [0.5, 0.6) is 5.75 Å². The van der Waals surface area contributed by atoms with E-state index in [-0.39, 0.29) is 6.09 Å². The van der Waals surface area contributed by atoms with Gasteiger partial charge in [-0.2, -0.15) is 0 Å². The molecule has 0 saturated carbocycles. The Morgan fingerprint density at radius 3 is 2.65 bits per heavy atom. The van der Waals surface area contributed by atoms with Crippen molar-refractivity contribution in [2.45, 2.75) is 32.2 Å². The Kier molecular flexibility index (Phi) is 8.59. The number of para-hydroxylation sites is 1. The Balaban J connectivity index is 1.60. The number of hydrogen-bond donors (Lipinski definition) is 2. The summed E-state index contributed by atoms with van der Waals surface area (Å²) in [6, 6.07) is 10.1. The number of nitrogens with zero attached hydrogens (tertiary/aromatic N) is 2. The molecule has 0 aromatic heterocycles. The molecule has 1 aliphatic heterocycles. The van der Waals surface area contributed by atoms with E-state index in [1.54, 1.807) is 11.9 Å². The van der Waals surface area contributed by atoms with Crippen molar-refractivity contribution in [1.29, 1.82) is 0 Å². The third kappa shape index (κ3) is 6.82. The average Bonchev–Trinajstić information content (AvgIpc) is 2.68. The van der Waals surface area contributed by atoms with Crippen molar-refractivity contribution >= 4 is 12.1 Å². The van der Waals surface area contributed by atoms with Gasteiger partial charge in [-0.25, -0.2) is 4.79 Å². The third-order valence-corrected chi connectivity index (χ3v) is 4.21. The zero-order valence-corrected chi connectivity index (χ0v) is 15.7. The second-order valence-corrected chi connectivity index (χ2v) is 6.12. The molecule has 26 heavy (non-hydrogen) atoms. The Labute approximate surface area is 155 Å². The highest BCUT2D eigenvalue weighted by atomic mass is 16.6. The largest absolute Gasteiger partial charge is 0.494 e. The summed E-state index contributed by atoms with van der Waals surface area (Å²) in [7, 11) is 1.77. The highest BCUT2D eigenvalue weighted by Crippen LogP contribution is 2.11. The normalized spacial score (nSPS) is 15.5. The number of nitrogens with one attached hydrogen (secondary N) is 2. The van der Waals surface area contributed by atoms with Crippen LogP contribution in [-0.2, 0) is 4.74 Å². The molecule has 144 valence electrons. The maximum atomic E-state index is 11.7. The predicted molar refractivity (Wildman–Crippen MR) is 103 cm³/mol. The van der Waals surface area contributed by atoms with Gasteiger partial charge in [0.05, 0.1) is 13.2 Å². The van der Waals surface area contributed by atoms with Crippen LogP contribution in [0.1, 0.15) is 26.2 Å². The molecule has 1 fully saturated rings. The molecule has 1 aromatic carbocycles. The number of carbonyl (C=O) groups excluding carboxylic acids is 1. The Bertz CT molecular complexity index is 557. The summed E-state index contributed by atoms with van der Waals surface area (Å²) in [5.41, 5.74) is 0. The fourth-order valence-corrected chi connectivity index (χ4v) is 2.79. The molecule has 0 unspecified atom stereocenters. The minimum absolute atomic E-state index is 0.216. The van der Waals surface area contributed by atoms with Crippen molar-refractivity contribution < 1.29 is 14.3 Å². The molecule has 1 aromatic rings. The molecule has 1 aliphatic rings. The number of carbonyl (C=O) groups is 1. The molecule has 2 N–H and O–H groups in total. The molecule has 0 radical (unpaired) electrons. The number of hydrogen-bond acceptors (Lipinski definition) is 4. The van der Waals surface area contributed by atoms with E-state index in [0.29, 0.717) is 32.3 Å². The number of likely N-dealkylation sites (tertiary alicyclic amines) is 1. The van der Waals surface area contributed by atoms with Gasteiger partial charge in [-0.05, 0) is 38.3 Å². The number of aliphatic imine (C=N–C) groups is 1. The van der Waals surface area contributed by atoms with E-state index >= 15 is 0 Å². The lowest BCUT2D eigenvalue weighted by molar-refractivity contribution is 0.0963. The lowest BCUT2D eigenvalue weighted by atomic mass is 10.1. The number of piperidine rings is 1. The minimum Gasteiger partial charge on any atom is -0.494 e. The quantitative estimate of drug-likeness (QED) is 0.442. The number of benzene rings is 1. The molecular formula is C19H30N4O3. The fraction of sp³-hybridized carbons (Fsp3) is 0.579. The molecule has 0 bridgehead atoms. The van der Waals surface area contributed by atoms with Crippen LogP contribution in [0.25, 0.3) is 0 Å². The first-order valence-corrected chi connectivity index (χ1v) is 9.29. The van der Waals surface area contributed by atoms with Gasteiger partial charge in [0.1, 0.15) is 5.75 Å². The number of amides is 1. The Hall–Kier alpha value is -2.44. The van der Waals surface area contributed by atoms with Crippen molar-refractivity contribution in [3.63, 3.8) is 0 Å². The van der Waals surface area contributed by atoms with Crippen molar-refractivity contribution in [3.8, 4) is 5.75 Å². The average molecular weight is 362 g/mol. The van der Waals surface area contributed by atoms with E-state index in [2.05, 4.69) is 15.6 Å². The van der Waals surface area contributed by atoms with Crippen LogP contribution in [-0.4, -0.2) is 62.9 Å². The lowest BCUT2D eigenvalue weighted by Gasteiger charge is -2.32. The van der Waals surface area contributed by atoms with E-state index in [4.69, 9.17) is 9.47 Å². The number of rotatable bonds is 7. The van der Waals surface area contributed by atoms with E-state index in [1.807, 2.05) is 37.3 Å². The minimum atomic E-state index is -0.216. The molecule has 2 rings (SSSR count). The molecule has 1 saturated heterocycles. The summed E-state index contributed by atoms with van der Waals surface area (Å²) in [6.07, 6.45) is 2.44. The SMILES string of the molecule is CCOC(=O)N1CCC(NC(=NC)NCCCOc2ccccc2)CC1. The Morgan fingerprint density at radius 1 is 1.27 bits per heavy atom. The van der Waals surface area contributed by atoms with Gasteiger partial charge >= 0.3 is 6.09 Å². The molecule has 1 amide bonds. The van der Waals surface area contributed by atoms with Crippen molar-refractivity contribution in [3.05, 3.63) is 30.3 Å². The predicted octanol–water partition coefficient (Wildman–Crippen LogP) is 2.24. The van der Waals surface area contributed by atoms with Gasteiger partial charge < -0.3 is 25.0 Å². The zero-order valence-electron chi connectivity index (χ0n) is 15.7. The van der Waals surface area contributed by atoms with Gasteiger partial charge in [0.2, 0.25) is 0 Å². The molecular weight excluding hydrogens is 332 g/mol. The van der Waals surface area contributed by atoms with E-state index in [9.17, 15) is 4.79 Å². The monoisotopic (exact) mass is 362 g/mol.